The van der Waals surface area contributed by atoms with Crippen molar-refractivity contribution < 1.29 is 14.0 Å². The van der Waals surface area contributed by atoms with E-state index in [0.717, 1.165) is 5.56 Å². The van der Waals surface area contributed by atoms with E-state index in [1.54, 1.807) is 13.1 Å². The maximum absolute atomic E-state index is 12.3. The fourth-order valence-electron chi connectivity index (χ4n) is 2.11. The minimum atomic E-state index is -0.346. The summed E-state index contributed by atoms with van der Waals surface area (Å²) in [5.74, 6) is -0.349. The molecule has 0 aliphatic carbocycles. The highest BCUT2D eigenvalue weighted by molar-refractivity contribution is 6.28. The first-order chi connectivity index (χ1) is 10.1. The van der Waals surface area contributed by atoms with Gasteiger partial charge < -0.3 is 9.32 Å². The summed E-state index contributed by atoms with van der Waals surface area (Å²) >= 11 is 5.83. The minimum Gasteiger partial charge on any atom is -0.472 e. The predicted octanol–water partition coefficient (Wildman–Crippen LogP) is 1.62. The van der Waals surface area contributed by atoms with Gasteiger partial charge in [0.2, 0.25) is 17.1 Å². The van der Waals surface area contributed by atoms with Gasteiger partial charge in [-0.1, -0.05) is 0 Å². The first kappa shape index (κ1) is 13.6. The lowest BCUT2D eigenvalue weighted by Gasteiger charge is -2.21. The SMILES string of the molecule is CN1C(=O)CC(=O)N(Cc2ccoc2)c2nc(Cl)ncc21. The van der Waals surface area contributed by atoms with E-state index in [0.29, 0.717) is 11.5 Å². The van der Waals surface area contributed by atoms with Crippen LogP contribution >= 0.6 is 11.6 Å². The van der Waals surface area contributed by atoms with E-state index < -0.39 is 0 Å². The molecule has 0 fully saturated rings. The highest BCUT2D eigenvalue weighted by Crippen LogP contribution is 2.31. The third kappa shape index (κ3) is 2.47. The Morgan fingerprint density at radius 3 is 2.90 bits per heavy atom. The zero-order chi connectivity index (χ0) is 15.0. The Hall–Kier alpha value is -2.41. The van der Waals surface area contributed by atoms with E-state index in [9.17, 15) is 9.59 Å². The van der Waals surface area contributed by atoms with E-state index in [4.69, 9.17) is 16.0 Å². The Kier molecular flexibility index (Phi) is 3.34. The number of carbonyl (C=O) groups is 2. The standard InChI is InChI=1S/C13H11ClN4O3/c1-17-9-5-15-13(14)16-12(9)18(11(20)4-10(17)19)6-8-2-3-21-7-8/h2-3,5,7H,4,6H2,1H3. The Morgan fingerprint density at radius 1 is 1.38 bits per heavy atom. The Morgan fingerprint density at radius 2 is 2.19 bits per heavy atom. The highest BCUT2D eigenvalue weighted by atomic mass is 35.5. The van der Waals surface area contributed by atoms with Crippen LogP contribution in [0, 0.1) is 0 Å². The van der Waals surface area contributed by atoms with Crippen molar-refractivity contribution in [3.8, 4) is 0 Å². The van der Waals surface area contributed by atoms with Crippen LogP contribution in [-0.4, -0.2) is 28.8 Å². The molecule has 0 N–H and O–H groups in total. The van der Waals surface area contributed by atoms with Gasteiger partial charge in [-0.05, 0) is 17.7 Å². The van der Waals surface area contributed by atoms with Gasteiger partial charge >= 0.3 is 0 Å². The molecule has 0 atom stereocenters. The molecule has 21 heavy (non-hydrogen) atoms. The zero-order valence-electron chi connectivity index (χ0n) is 11.1. The molecule has 0 saturated carbocycles. The second kappa shape index (κ2) is 5.17. The third-order valence-electron chi connectivity index (χ3n) is 3.24. The molecule has 0 unspecified atom stereocenters. The number of fused-ring (bicyclic) bond motifs is 1. The first-order valence-corrected chi connectivity index (χ1v) is 6.54. The maximum atomic E-state index is 12.3. The van der Waals surface area contributed by atoms with Crippen molar-refractivity contribution >= 4 is 34.9 Å². The van der Waals surface area contributed by atoms with Crippen LogP contribution in [0.15, 0.2) is 29.2 Å². The fraction of sp³-hybridized carbons (Fsp3) is 0.231. The van der Waals surface area contributed by atoms with E-state index >= 15 is 0 Å². The van der Waals surface area contributed by atoms with Gasteiger partial charge in [-0.25, -0.2) is 4.98 Å². The van der Waals surface area contributed by atoms with Gasteiger partial charge in [-0.15, -0.1) is 0 Å². The van der Waals surface area contributed by atoms with Crippen LogP contribution in [-0.2, 0) is 16.1 Å². The number of rotatable bonds is 2. The Labute approximate surface area is 125 Å². The summed E-state index contributed by atoms with van der Waals surface area (Å²) in [6.45, 7) is 0.247. The number of hydrogen-bond donors (Lipinski definition) is 0. The molecule has 0 aromatic carbocycles. The lowest BCUT2D eigenvalue weighted by Crippen LogP contribution is -2.31. The Bertz CT molecular complexity index is 701. The second-order valence-electron chi connectivity index (χ2n) is 4.59. The first-order valence-electron chi connectivity index (χ1n) is 6.17. The number of anilines is 2. The zero-order valence-corrected chi connectivity index (χ0v) is 11.9. The molecule has 108 valence electrons. The topological polar surface area (TPSA) is 79.5 Å². The van der Waals surface area contributed by atoms with Crippen LogP contribution < -0.4 is 9.80 Å². The number of hydrogen-bond acceptors (Lipinski definition) is 5. The number of furan rings is 1. The maximum Gasteiger partial charge on any atom is 0.237 e. The Balaban J connectivity index is 2.09. The van der Waals surface area contributed by atoms with Gasteiger partial charge in [0.1, 0.15) is 12.1 Å². The average molecular weight is 307 g/mol. The summed E-state index contributed by atoms with van der Waals surface area (Å²) < 4.78 is 5.00. The van der Waals surface area contributed by atoms with Gasteiger partial charge in [-0.3, -0.25) is 14.5 Å². The molecular weight excluding hydrogens is 296 g/mol. The number of nitrogens with zero attached hydrogens (tertiary/aromatic N) is 4. The van der Waals surface area contributed by atoms with Crippen molar-refractivity contribution in [2.75, 3.05) is 16.8 Å². The van der Waals surface area contributed by atoms with Gasteiger partial charge in [0.05, 0.1) is 25.3 Å². The molecule has 2 aromatic rings. The van der Waals surface area contributed by atoms with Gasteiger partial charge in [0, 0.05) is 12.6 Å². The lowest BCUT2D eigenvalue weighted by atomic mass is 10.3. The smallest absolute Gasteiger partial charge is 0.237 e. The molecule has 2 amide bonds. The van der Waals surface area contributed by atoms with Crippen LogP contribution in [0.4, 0.5) is 11.5 Å². The predicted molar refractivity (Wildman–Crippen MR) is 75.0 cm³/mol. The molecule has 7 nitrogen and oxygen atoms in total. The molecule has 0 saturated heterocycles. The number of halogens is 1. The number of amides is 2. The second-order valence-corrected chi connectivity index (χ2v) is 4.93. The van der Waals surface area contributed by atoms with Crippen LogP contribution in [0.1, 0.15) is 12.0 Å². The quantitative estimate of drug-likeness (QED) is 0.622. The van der Waals surface area contributed by atoms with Gasteiger partial charge in [-0.2, -0.15) is 4.98 Å². The monoisotopic (exact) mass is 306 g/mol. The van der Waals surface area contributed by atoms with E-state index in [2.05, 4.69) is 9.97 Å². The van der Waals surface area contributed by atoms with Gasteiger partial charge in [0.25, 0.3) is 0 Å². The van der Waals surface area contributed by atoms with Crippen molar-refractivity contribution in [2.45, 2.75) is 13.0 Å². The molecule has 1 aliphatic heterocycles. The van der Waals surface area contributed by atoms with Crippen LogP contribution in [0.2, 0.25) is 5.28 Å². The number of carbonyl (C=O) groups excluding carboxylic acids is 2. The van der Waals surface area contributed by atoms with E-state index in [1.165, 1.54) is 28.5 Å². The van der Waals surface area contributed by atoms with Crippen LogP contribution in [0.5, 0.6) is 0 Å². The minimum absolute atomic E-state index is 0.0153. The average Bonchev–Trinajstić information content (AvgIpc) is 2.94. The summed E-state index contributed by atoms with van der Waals surface area (Å²) in [6, 6.07) is 1.74. The van der Waals surface area contributed by atoms with Crippen molar-refractivity contribution in [2.24, 2.45) is 0 Å². The largest absolute Gasteiger partial charge is 0.472 e. The molecule has 1 aliphatic rings. The van der Waals surface area contributed by atoms with Crippen LogP contribution in [0.3, 0.4) is 0 Å². The summed E-state index contributed by atoms with van der Waals surface area (Å²) in [4.78, 5) is 35.1. The number of aromatic nitrogens is 2. The normalized spacial score (nSPS) is 15.1. The van der Waals surface area contributed by atoms with Crippen molar-refractivity contribution in [1.29, 1.82) is 0 Å². The summed E-state index contributed by atoms with van der Waals surface area (Å²) in [7, 11) is 1.58. The molecule has 3 rings (SSSR count). The molecule has 0 radical (unpaired) electrons. The fourth-order valence-corrected chi connectivity index (χ4v) is 2.23. The molecule has 2 aromatic heterocycles. The van der Waals surface area contributed by atoms with E-state index in [1.807, 2.05) is 0 Å². The summed E-state index contributed by atoms with van der Waals surface area (Å²) in [6.07, 6.45) is 4.25. The molecule has 0 bridgehead atoms. The molecule has 8 heteroatoms. The summed E-state index contributed by atoms with van der Waals surface area (Å²) in [5, 5.41) is 0.0153. The van der Waals surface area contributed by atoms with Crippen molar-refractivity contribution in [3.05, 3.63) is 35.6 Å². The molecular formula is C13H11ClN4O3. The van der Waals surface area contributed by atoms with Crippen molar-refractivity contribution in [1.82, 2.24) is 9.97 Å². The van der Waals surface area contributed by atoms with Gasteiger partial charge in [0.15, 0.2) is 5.82 Å². The highest BCUT2D eigenvalue weighted by Gasteiger charge is 2.31. The third-order valence-corrected chi connectivity index (χ3v) is 3.42. The lowest BCUT2D eigenvalue weighted by molar-refractivity contribution is -0.126. The van der Waals surface area contributed by atoms with E-state index in [-0.39, 0.29) is 30.1 Å². The van der Waals surface area contributed by atoms with Crippen molar-refractivity contribution in [3.63, 3.8) is 0 Å². The summed E-state index contributed by atoms with van der Waals surface area (Å²) in [5.41, 5.74) is 1.24. The molecule has 3 heterocycles. The molecule has 0 spiro atoms. The van der Waals surface area contributed by atoms with Crippen LogP contribution in [0.25, 0.3) is 0 Å².